The lowest BCUT2D eigenvalue weighted by molar-refractivity contribution is 0.423. The van der Waals surface area contributed by atoms with Gasteiger partial charge in [0.25, 0.3) is 0 Å². The lowest BCUT2D eigenvalue weighted by Gasteiger charge is -2.07. The summed E-state index contributed by atoms with van der Waals surface area (Å²) in [5, 5.41) is 12.7. The molecule has 2 aromatic carbocycles. The van der Waals surface area contributed by atoms with Gasteiger partial charge in [0.15, 0.2) is 11.6 Å². The standard InChI is InChI=1S/C14H13BrFNO/c15-12-6-4-10(5-7-12)8-17-9-11-2-1-3-13(16)14(11)18/h1-7,17-18H,8-9H2. The zero-order chi connectivity index (χ0) is 13.0. The van der Waals surface area contributed by atoms with Crippen LogP contribution in [-0.2, 0) is 13.1 Å². The minimum Gasteiger partial charge on any atom is -0.505 e. The Morgan fingerprint density at radius 2 is 1.78 bits per heavy atom. The second-order valence-electron chi connectivity index (χ2n) is 3.98. The molecule has 0 radical (unpaired) electrons. The van der Waals surface area contributed by atoms with Crippen molar-refractivity contribution < 1.29 is 9.50 Å². The molecule has 0 heterocycles. The van der Waals surface area contributed by atoms with Gasteiger partial charge < -0.3 is 10.4 Å². The summed E-state index contributed by atoms with van der Waals surface area (Å²) in [6.45, 7) is 1.10. The number of aromatic hydroxyl groups is 1. The highest BCUT2D eigenvalue weighted by Crippen LogP contribution is 2.20. The van der Waals surface area contributed by atoms with Gasteiger partial charge in [-0.3, -0.25) is 0 Å². The van der Waals surface area contributed by atoms with Gasteiger partial charge in [0, 0.05) is 23.1 Å². The maximum absolute atomic E-state index is 13.1. The van der Waals surface area contributed by atoms with Crippen molar-refractivity contribution in [1.82, 2.24) is 5.32 Å². The van der Waals surface area contributed by atoms with Crippen molar-refractivity contribution in [3.05, 3.63) is 63.9 Å². The van der Waals surface area contributed by atoms with E-state index in [1.165, 1.54) is 6.07 Å². The first-order chi connectivity index (χ1) is 8.66. The molecule has 0 aliphatic rings. The number of hydrogen-bond donors (Lipinski definition) is 2. The van der Waals surface area contributed by atoms with Crippen molar-refractivity contribution in [3.8, 4) is 5.75 Å². The highest BCUT2D eigenvalue weighted by Gasteiger charge is 2.05. The molecule has 0 fully saturated rings. The predicted molar refractivity (Wildman–Crippen MR) is 72.8 cm³/mol. The highest BCUT2D eigenvalue weighted by atomic mass is 79.9. The van der Waals surface area contributed by atoms with Gasteiger partial charge in [-0.25, -0.2) is 4.39 Å². The average molecular weight is 310 g/mol. The summed E-state index contributed by atoms with van der Waals surface area (Å²) < 4.78 is 14.1. The topological polar surface area (TPSA) is 32.3 Å². The predicted octanol–water partition coefficient (Wildman–Crippen LogP) is 3.58. The molecule has 0 atom stereocenters. The molecule has 94 valence electrons. The summed E-state index contributed by atoms with van der Waals surface area (Å²) in [6, 6.07) is 12.5. The summed E-state index contributed by atoms with van der Waals surface area (Å²) in [7, 11) is 0. The van der Waals surface area contributed by atoms with Crippen molar-refractivity contribution in [2.75, 3.05) is 0 Å². The normalized spacial score (nSPS) is 10.6. The van der Waals surface area contributed by atoms with E-state index in [0.717, 1.165) is 10.0 Å². The molecule has 0 amide bonds. The molecule has 2 N–H and O–H groups in total. The van der Waals surface area contributed by atoms with E-state index in [4.69, 9.17) is 0 Å². The van der Waals surface area contributed by atoms with Gasteiger partial charge >= 0.3 is 0 Å². The average Bonchev–Trinajstić information content (AvgIpc) is 2.37. The van der Waals surface area contributed by atoms with E-state index in [0.29, 0.717) is 18.7 Å². The fourth-order valence-electron chi connectivity index (χ4n) is 1.65. The van der Waals surface area contributed by atoms with E-state index < -0.39 is 5.82 Å². The first-order valence-electron chi connectivity index (χ1n) is 5.58. The van der Waals surface area contributed by atoms with Gasteiger partial charge in [0.1, 0.15) is 0 Å². The SMILES string of the molecule is Oc1c(F)cccc1CNCc1ccc(Br)cc1. The Bertz CT molecular complexity index is 528. The zero-order valence-corrected chi connectivity index (χ0v) is 11.2. The number of phenolic OH excluding ortho intramolecular Hbond substituents is 1. The van der Waals surface area contributed by atoms with Crippen molar-refractivity contribution in [2.24, 2.45) is 0 Å². The van der Waals surface area contributed by atoms with E-state index in [9.17, 15) is 9.50 Å². The minimum absolute atomic E-state index is 0.277. The second kappa shape index (κ2) is 5.98. The molecule has 0 saturated carbocycles. The van der Waals surface area contributed by atoms with Crippen LogP contribution in [0.3, 0.4) is 0 Å². The molecule has 2 rings (SSSR count). The Morgan fingerprint density at radius 1 is 1.06 bits per heavy atom. The van der Waals surface area contributed by atoms with E-state index in [2.05, 4.69) is 21.2 Å². The number of rotatable bonds is 4. The fraction of sp³-hybridized carbons (Fsp3) is 0.143. The van der Waals surface area contributed by atoms with Crippen LogP contribution < -0.4 is 5.32 Å². The highest BCUT2D eigenvalue weighted by molar-refractivity contribution is 9.10. The molecule has 0 aliphatic heterocycles. The molecule has 2 aromatic rings. The van der Waals surface area contributed by atoms with Crippen LogP contribution in [0.1, 0.15) is 11.1 Å². The maximum atomic E-state index is 13.1. The molecule has 2 nitrogen and oxygen atoms in total. The number of para-hydroxylation sites is 1. The Hall–Kier alpha value is -1.39. The first kappa shape index (κ1) is 13.1. The lowest BCUT2D eigenvalue weighted by atomic mass is 10.2. The van der Waals surface area contributed by atoms with Crippen molar-refractivity contribution >= 4 is 15.9 Å². The number of nitrogens with one attached hydrogen (secondary N) is 1. The van der Waals surface area contributed by atoms with Gasteiger partial charge in [0.05, 0.1) is 0 Å². The van der Waals surface area contributed by atoms with Gasteiger partial charge in [-0.15, -0.1) is 0 Å². The Morgan fingerprint density at radius 3 is 2.50 bits per heavy atom. The molecule has 0 saturated heterocycles. The molecule has 18 heavy (non-hydrogen) atoms. The molecule has 4 heteroatoms. The molecular formula is C14H13BrFNO. The summed E-state index contributed by atoms with van der Waals surface area (Å²) in [5.41, 5.74) is 1.70. The first-order valence-corrected chi connectivity index (χ1v) is 6.37. The van der Waals surface area contributed by atoms with Crippen LogP contribution in [0.2, 0.25) is 0 Å². The Labute approximate surface area is 114 Å². The van der Waals surface area contributed by atoms with E-state index >= 15 is 0 Å². The van der Waals surface area contributed by atoms with Gasteiger partial charge in [0.2, 0.25) is 0 Å². The third-order valence-corrected chi connectivity index (χ3v) is 3.16. The fourth-order valence-corrected chi connectivity index (χ4v) is 1.91. The monoisotopic (exact) mass is 309 g/mol. The van der Waals surface area contributed by atoms with Crippen LogP contribution >= 0.6 is 15.9 Å². The summed E-state index contributed by atoms with van der Waals surface area (Å²) in [6.07, 6.45) is 0. The molecule has 0 aliphatic carbocycles. The Balaban J connectivity index is 1.92. The van der Waals surface area contributed by atoms with Crippen molar-refractivity contribution in [3.63, 3.8) is 0 Å². The smallest absolute Gasteiger partial charge is 0.165 e. The second-order valence-corrected chi connectivity index (χ2v) is 4.89. The van der Waals surface area contributed by atoms with E-state index in [1.54, 1.807) is 12.1 Å². The lowest BCUT2D eigenvalue weighted by Crippen LogP contribution is -2.12. The van der Waals surface area contributed by atoms with Crippen LogP contribution in [-0.4, -0.2) is 5.11 Å². The Kier molecular flexibility index (Phi) is 4.33. The minimum atomic E-state index is -0.585. The van der Waals surface area contributed by atoms with E-state index in [-0.39, 0.29) is 5.75 Å². The van der Waals surface area contributed by atoms with Gasteiger partial charge in [-0.05, 0) is 23.8 Å². The summed E-state index contributed by atoms with van der Waals surface area (Å²) in [4.78, 5) is 0. The summed E-state index contributed by atoms with van der Waals surface area (Å²) in [5.74, 6) is -0.862. The largest absolute Gasteiger partial charge is 0.505 e. The van der Waals surface area contributed by atoms with Gasteiger partial charge in [-0.2, -0.15) is 0 Å². The van der Waals surface area contributed by atoms with Crippen LogP contribution in [0.25, 0.3) is 0 Å². The quantitative estimate of drug-likeness (QED) is 0.904. The summed E-state index contributed by atoms with van der Waals surface area (Å²) >= 11 is 3.37. The van der Waals surface area contributed by atoms with Crippen molar-refractivity contribution in [2.45, 2.75) is 13.1 Å². The number of halogens is 2. The third-order valence-electron chi connectivity index (χ3n) is 2.63. The van der Waals surface area contributed by atoms with Crippen molar-refractivity contribution in [1.29, 1.82) is 0 Å². The molecule has 0 unspecified atom stereocenters. The zero-order valence-electron chi connectivity index (χ0n) is 9.66. The number of hydrogen-bond acceptors (Lipinski definition) is 2. The van der Waals surface area contributed by atoms with Crippen LogP contribution in [0, 0.1) is 5.82 Å². The number of benzene rings is 2. The van der Waals surface area contributed by atoms with Crippen LogP contribution in [0.5, 0.6) is 5.75 Å². The molecule has 0 bridgehead atoms. The molecular weight excluding hydrogens is 297 g/mol. The number of phenols is 1. The third kappa shape index (κ3) is 3.31. The van der Waals surface area contributed by atoms with Crippen LogP contribution in [0.15, 0.2) is 46.9 Å². The van der Waals surface area contributed by atoms with Gasteiger partial charge in [-0.1, -0.05) is 40.2 Å². The van der Waals surface area contributed by atoms with Crippen LogP contribution in [0.4, 0.5) is 4.39 Å². The maximum Gasteiger partial charge on any atom is 0.165 e. The molecule has 0 aromatic heterocycles. The molecule has 0 spiro atoms. The van der Waals surface area contributed by atoms with E-state index in [1.807, 2.05) is 24.3 Å².